The fraction of sp³-hybridized carbons (Fsp3) is 0.294. The van der Waals surface area contributed by atoms with Gasteiger partial charge in [0, 0.05) is 30.6 Å². The summed E-state index contributed by atoms with van der Waals surface area (Å²) < 4.78 is 34.4. The van der Waals surface area contributed by atoms with E-state index < -0.39 is 28.2 Å². The summed E-state index contributed by atoms with van der Waals surface area (Å²) in [6.45, 7) is 5.52. The van der Waals surface area contributed by atoms with Crippen LogP contribution < -0.4 is 15.4 Å². The number of likely N-dealkylation sites (N-methyl/N-ethyl adjacent to an activating group) is 1. The maximum absolute atomic E-state index is 13.8. The molecule has 4 aromatic carbocycles. The molecule has 4 aromatic rings. The summed E-state index contributed by atoms with van der Waals surface area (Å²) in [5.41, 5.74) is 2.15. The number of hydrogen-bond donors (Lipinski definition) is 3. The Hall–Kier alpha value is -4.45. The first kappa shape index (κ1) is 32.0. The molecule has 1 aliphatic rings. The molecule has 1 heterocycles. The monoisotopic (exact) mass is 630 g/mol. The smallest absolute Gasteiger partial charge is 0.323 e. The van der Waals surface area contributed by atoms with Gasteiger partial charge in [0.05, 0.1) is 35.3 Å². The fourth-order valence-corrected chi connectivity index (χ4v) is 6.56. The van der Waals surface area contributed by atoms with Crippen LogP contribution in [-0.2, 0) is 10.0 Å². The zero-order valence-corrected chi connectivity index (χ0v) is 26.5. The summed E-state index contributed by atoms with van der Waals surface area (Å²) in [5, 5.41) is 17.5. The SMILES string of the molecule is Cc1ccc(S(=O)(=O)N(C)C[C@@H]2Oc3ccc(NC(=O)Nc4cccc5ccccc45)cc3C(=O)N([C@H](C)CO)C[C@H]2C)cc1. The molecular formula is C34H38N4O6S. The van der Waals surface area contributed by atoms with E-state index in [1.54, 1.807) is 48.2 Å². The van der Waals surface area contributed by atoms with E-state index in [1.165, 1.54) is 17.4 Å². The number of aliphatic hydroxyl groups excluding tert-OH is 1. The first-order valence-electron chi connectivity index (χ1n) is 14.8. The second-order valence-electron chi connectivity index (χ2n) is 11.5. The van der Waals surface area contributed by atoms with Gasteiger partial charge in [0.25, 0.3) is 5.91 Å². The minimum absolute atomic E-state index is 0.0276. The number of nitrogens with one attached hydrogen (secondary N) is 2. The number of amides is 3. The molecule has 236 valence electrons. The number of hydrogen-bond acceptors (Lipinski definition) is 6. The van der Waals surface area contributed by atoms with E-state index in [1.807, 2.05) is 56.3 Å². The van der Waals surface area contributed by atoms with Crippen molar-refractivity contribution in [1.29, 1.82) is 0 Å². The first-order valence-corrected chi connectivity index (χ1v) is 16.2. The molecule has 10 nitrogen and oxygen atoms in total. The number of fused-ring (bicyclic) bond motifs is 2. The molecule has 0 fully saturated rings. The lowest BCUT2D eigenvalue weighted by molar-refractivity contribution is 0.0387. The number of anilines is 2. The zero-order chi connectivity index (χ0) is 32.3. The van der Waals surface area contributed by atoms with Crippen molar-refractivity contribution in [2.45, 2.75) is 37.8 Å². The maximum Gasteiger partial charge on any atom is 0.323 e. The van der Waals surface area contributed by atoms with Crippen LogP contribution in [0.4, 0.5) is 16.2 Å². The number of carbonyl (C=O) groups excluding carboxylic acids is 2. The van der Waals surface area contributed by atoms with Gasteiger partial charge in [0.1, 0.15) is 11.9 Å². The topological polar surface area (TPSA) is 128 Å². The summed E-state index contributed by atoms with van der Waals surface area (Å²) in [5.74, 6) is -0.389. The van der Waals surface area contributed by atoms with Gasteiger partial charge in [-0.2, -0.15) is 4.31 Å². The van der Waals surface area contributed by atoms with Crippen molar-refractivity contribution >= 4 is 44.1 Å². The predicted molar refractivity (Wildman–Crippen MR) is 175 cm³/mol. The molecule has 0 aromatic heterocycles. The average Bonchev–Trinajstić information content (AvgIpc) is 3.03. The molecule has 3 atom stereocenters. The Kier molecular flexibility index (Phi) is 9.42. The van der Waals surface area contributed by atoms with E-state index in [2.05, 4.69) is 10.6 Å². The van der Waals surface area contributed by atoms with Crippen LogP contribution in [0.3, 0.4) is 0 Å². The van der Waals surface area contributed by atoms with Crippen LogP contribution in [0, 0.1) is 12.8 Å². The summed E-state index contributed by atoms with van der Waals surface area (Å²) in [6.07, 6.45) is -0.621. The van der Waals surface area contributed by atoms with Crippen molar-refractivity contribution in [3.8, 4) is 5.75 Å². The lowest BCUT2D eigenvalue weighted by Gasteiger charge is -2.38. The molecule has 5 rings (SSSR count). The molecule has 1 aliphatic heterocycles. The van der Waals surface area contributed by atoms with Gasteiger partial charge in [0.2, 0.25) is 10.0 Å². The Morgan fingerprint density at radius 2 is 1.76 bits per heavy atom. The number of aliphatic hydroxyl groups is 1. The molecule has 0 radical (unpaired) electrons. The molecule has 0 spiro atoms. The van der Waals surface area contributed by atoms with Crippen molar-refractivity contribution in [2.24, 2.45) is 5.92 Å². The summed E-state index contributed by atoms with van der Waals surface area (Å²) in [7, 11) is -2.30. The third-order valence-corrected chi connectivity index (χ3v) is 9.96. The molecule has 11 heteroatoms. The largest absolute Gasteiger partial charge is 0.488 e. The number of carbonyl (C=O) groups is 2. The van der Waals surface area contributed by atoms with Crippen molar-refractivity contribution < 1.29 is 27.9 Å². The Morgan fingerprint density at radius 3 is 2.49 bits per heavy atom. The second kappa shape index (κ2) is 13.3. The first-order chi connectivity index (χ1) is 21.5. The molecule has 0 aliphatic carbocycles. The highest BCUT2D eigenvalue weighted by Crippen LogP contribution is 2.31. The third kappa shape index (κ3) is 6.95. The van der Waals surface area contributed by atoms with E-state index in [4.69, 9.17) is 4.74 Å². The highest BCUT2D eigenvalue weighted by atomic mass is 32.2. The van der Waals surface area contributed by atoms with E-state index in [9.17, 15) is 23.1 Å². The van der Waals surface area contributed by atoms with Crippen LogP contribution in [0.2, 0.25) is 0 Å². The highest BCUT2D eigenvalue weighted by molar-refractivity contribution is 7.89. The zero-order valence-electron chi connectivity index (χ0n) is 25.7. The van der Waals surface area contributed by atoms with Crippen LogP contribution in [-0.4, -0.2) is 73.6 Å². The lowest BCUT2D eigenvalue weighted by atomic mass is 9.99. The number of urea groups is 1. The van der Waals surface area contributed by atoms with Crippen molar-refractivity contribution in [3.05, 3.63) is 96.1 Å². The number of rotatable bonds is 8. The molecular weight excluding hydrogens is 592 g/mol. The number of nitrogens with zero attached hydrogens (tertiary/aromatic N) is 2. The van der Waals surface area contributed by atoms with Gasteiger partial charge in [-0.05, 0) is 55.6 Å². The van der Waals surface area contributed by atoms with Crippen LogP contribution in [0.1, 0.15) is 29.8 Å². The molecule has 0 saturated heterocycles. The van der Waals surface area contributed by atoms with Gasteiger partial charge in [-0.3, -0.25) is 4.79 Å². The Morgan fingerprint density at radius 1 is 1.04 bits per heavy atom. The summed E-state index contributed by atoms with van der Waals surface area (Å²) >= 11 is 0. The van der Waals surface area contributed by atoms with E-state index in [0.717, 1.165) is 16.3 Å². The number of aryl methyl sites for hydroxylation is 1. The Balaban J connectivity index is 1.41. The Labute approximate surface area is 263 Å². The standard InChI is InChI=1S/C34H38N4O6S/c1-22-12-15-27(16-13-22)45(42,43)37(4)20-32-23(2)19-38(24(3)21-39)33(40)29-18-26(14-17-31(29)44-32)35-34(41)36-30-11-7-9-25-8-5-6-10-28(25)30/h5-18,23-24,32,39H,19-21H2,1-4H3,(H2,35,36,41)/t23-,24-,32+/m1/s1. The maximum atomic E-state index is 13.8. The van der Waals surface area contributed by atoms with Crippen molar-refractivity contribution in [1.82, 2.24) is 9.21 Å². The van der Waals surface area contributed by atoms with Gasteiger partial charge >= 0.3 is 6.03 Å². The number of ether oxygens (including phenoxy) is 1. The third-order valence-electron chi connectivity index (χ3n) is 8.13. The average molecular weight is 631 g/mol. The van der Waals surface area contributed by atoms with Gasteiger partial charge < -0.3 is 25.4 Å². The quantitative estimate of drug-likeness (QED) is 0.241. The van der Waals surface area contributed by atoms with Crippen LogP contribution in [0.5, 0.6) is 5.75 Å². The van der Waals surface area contributed by atoms with Crippen molar-refractivity contribution in [3.63, 3.8) is 0 Å². The van der Waals surface area contributed by atoms with Gasteiger partial charge in [-0.25, -0.2) is 13.2 Å². The molecule has 0 unspecified atom stereocenters. The number of sulfonamides is 1. The molecule has 3 N–H and O–H groups in total. The van der Waals surface area contributed by atoms with Crippen LogP contribution in [0.25, 0.3) is 10.8 Å². The van der Waals surface area contributed by atoms with E-state index in [0.29, 0.717) is 11.4 Å². The molecule has 0 bridgehead atoms. The van der Waals surface area contributed by atoms with Gasteiger partial charge in [-0.1, -0.05) is 61.0 Å². The van der Waals surface area contributed by atoms with E-state index in [-0.39, 0.29) is 47.7 Å². The predicted octanol–water partition coefficient (Wildman–Crippen LogP) is 5.33. The molecule has 3 amide bonds. The minimum atomic E-state index is -3.80. The summed E-state index contributed by atoms with van der Waals surface area (Å²) in [4.78, 5) is 28.6. The fourth-order valence-electron chi connectivity index (χ4n) is 5.38. The van der Waals surface area contributed by atoms with Gasteiger partial charge in [-0.15, -0.1) is 0 Å². The van der Waals surface area contributed by atoms with Crippen LogP contribution in [0.15, 0.2) is 89.8 Å². The van der Waals surface area contributed by atoms with E-state index >= 15 is 0 Å². The van der Waals surface area contributed by atoms with Gasteiger partial charge in [0.15, 0.2) is 0 Å². The molecule has 45 heavy (non-hydrogen) atoms. The highest BCUT2D eigenvalue weighted by Gasteiger charge is 2.35. The minimum Gasteiger partial charge on any atom is -0.488 e. The van der Waals surface area contributed by atoms with Crippen LogP contribution >= 0.6 is 0 Å². The normalized spacial score (nSPS) is 17.6. The Bertz CT molecular complexity index is 1810. The second-order valence-corrected chi connectivity index (χ2v) is 13.6. The molecule has 0 saturated carbocycles. The lowest BCUT2D eigenvalue weighted by Crippen LogP contribution is -2.50. The summed E-state index contributed by atoms with van der Waals surface area (Å²) in [6, 6.07) is 23.8. The number of benzene rings is 4. The van der Waals surface area contributed by atoms with Crippen molar-refractivity contribution in [2.75, 3.05) is 37.4 Å².